The van der Waals surface area contributed by atoms with Crippen LogP contribution in [0.3, 0.4) is 0 Å². The lowest BCUT2D eigenvalue weighted by Crippen LogP contribution is -2.49. The number of halogens is 1. The van der Waals surface area contributed by atoms with Crippen molar-refractivity contribution in [3.63, 3.8) is 0 Å². The van der Waals surface area contributed by atoms with E-state index < -0.39 is 0 Å². The lowest BCUT2D eigenvalue weighted by atomic mass is 10.0. The molecule has 0 aliphatic carbocycles. The van der Waals surface area contributed by atoms with Crippen molar-refractivity contribution >= 4 is 11.6 Å². The Balaban J connectivity index is 1.65. The maximum atomic E-state index is 8.87. The minimum absolute atomic E-state index is 0.297. The molecular weight excluding hydrogens is 226 g/mol. The number of hydrogen-bond donors (Lipinski definition) is 1. The second-order valence-corrected chi connectivity index (χ2v) is 4.55. The predicted molar refractivity (Wildman–Crippen MR) is 64.0 cm³/mol. The van der Waals surface area contributed by atoms with Crippen molar-refractivity contribution in [3.05, 3.63) is 29.3 Å². The molecule has 2 rings (SSSR count). The topological polar surface area (TPSA) is 32.7 Å². The summed E-state index contributed by atoms with van der Waals surface area (Å²) in [5.41, 5.74) is 0. The SMILES string of the molecule is OCC1CN(CCOc2cccc(Cl)c2)C1. The van der Waals surface area contributed by atoms with Crippen molar-refractivity contribution in [1.82, 2.24) is 4.90 Å². The van der Waals surface area contributed by atoms with Gasteiger partial charge in [0.05, 0.1) is 0 Å². The molecule has 0 radical (unpaired) electrons. The van der Waals surface area contributed by atoms with Crippen LogP contribution in [0.4, 0.5) is 0 Å². The van der Waals surface area contributed by atoms with Gasteiger partial charge in [-0.25, -0.2) is 0 Å². The summed E-state index contributed by atoms with van der Waals surface area (Å²) < 4.78 is 5.57. The first-order valence-electron chi connectivity index (χ1n) is 5.49. The third kappa shape index (κ3) is 3.11. The largest absolute Gasteiger partial charge is 0.492 e. The highest BCUT2D eigenvalue weighted by atomic mass is 35.5. The summed E-state index contributed by atoms with van der Waals surface area (Å²) in [7, 11) is 0. The monoisotopic (exact) mass is 241 g/mol. The molecule has 0 spiro atoms. The van der Waals surface area contributed by atoms with Crippen LogP contribution in [0.15, 0.2) is 24.3 Å². The first-order valence-corrected chi connectivity index (χ1v) is 5.87. The Morgan fingerprint density at radius 2 is 2.25 bits per heavy atom. The molecule has 1 fully saturated rings. The van der Waals surface area contributed by atoms with Gasteiger partial charge < -0.3 is 9.84 Å². The summed E-state index contributed by atoms with van der Waals surface area (Å²) in [4.78, 5) is 2.27. The van der Waals surface area contributed by atoms with Gasteiger partial charge in [0.25, 0.3) is 0 Å². The van der Waals surface area contributed by atoms with E-state index >= 15 is 0 Å². The summed E-state index contributed by atoms with van der Waals surface area (Å²) >= 11 is 5.84. The molecule has 4 heteroatoms. The fraction of sp³-hybridized carbons (Fsp3) is 0.500. The average Bonchev–Trinajstić information content (AvgIpc) is 2.21. The van der Waals surface area contributed by atoms with Crippen LogP contribution in [0, 0.1) is 5.92 Å². The molecule has 0 aromatic heterocycles. The fourth-order valence-electron chi connectivity index (χ4n) is 1.82. The Morgan fingerprint density at radius 1 is 1.44 bits per heavy atom. The Labute approximate surface area is 101 Å². The van der Waals surface area contributed by atoms with E-state index in [1.54, 1.807) is 0 Å². The highest BCUT2D eigenvalue weighted by molar-refractivity contribution is 6.30. The third-order valence-electron chi connectivity index (χ3n) is 2.76. The summed E-state index contributed by atoms with van der Waals surface area (Å²) in [6, 6.07) is 7.42. The lowest BCUT2D eigenvalue weighted by Gasteiger charge is -2.37. The molecule has 0 bridgehead atoms. The lowest BCUT2D eigenvalue weighted by molar-refractivity contribution is 0.0439. The molecule has 0 amide bonds. The molecule has 0 unspecified atom stereocenters. The molecule has 1 aromatic rings. The molecule has 0 atom stereocenters. The fourth-order valence-corrected chi connectivity index (χ4v) is 2.00. The minimum Gasteiger partial charge on any atom is -0.492 e. The summed E-state index contributed by atoms with van der Waals surface area (Å²) in [5.74, 6) is 1.28. The van der Waals surface area contributed by atoms with Crippen molar-refractivity contribution in [2.75, 3.05) is 32.8 Å². The van der Waals surface area contributed by atoms with Gasteiger partial charge in [-0.05, 0) is 18.2 Å². The average molecular weight is 242 g/mol. The molecular formula is C12H16ClNO2. The zero-order chi connectivity index (χ0) is 11.4. The van der Waals surface area contributed by atoms with Gasteiger partial charge in [0.2, 0.25) is 0 Å². The predicted octanol–water partition coefficient (Wildman–Crippen LogP) is 1.64. The zero-order valence-electron chi connectivity index (χ0n) is 9.10. The molecule has 1 heterocycles. The maximum Gasteiger partial charge on any atom is 0.120 e. The Bertz CT molecular complexity index is 340. The molecule has 16 heavy (non-hydrogen) atoms. The van der Waals surface area contributed by atoms with Gasteiger partial charge in [-0.2, -0.15) is 0 Å². The van der Waals surface area contributed by atoms with Crippen LogP contribution in [-0.2, 0) is 0 Å². The van der Waals surface area contributed by atoms with Crippen molar-refractivity contribution in [3.8, 4) is 5.75 Å². The highest BCUT2D eigenvalue weighted by Crippen LogP contribution is 2.18. The van der Waals surface area contributed by atoms with E-state index in [4.69, 9.17) is 21.4 Å². The van der Waals surface area contributed by atoms with Gasteiger partial charge in [0, 0.05) is 37.2 Å². The standard InChI is InChI=1S/C12H16ClNO2/c13-11-2-1-3-12(6-11)16-5-4-14-7-10(8-14)9-15/h1-3,6,10,15H,4-5,7-9H2. The molecule has 1 N–H and O–H groups in total. The molecule has 1 aliphatic rings. The van der Waals surface area contributed by atoms with Gasteiger partial charge >= 0.3 is 0 Å². The van der Waals surface area contributed by atoms with Crippen molar-refractivity contribution < 1.29 is 9.84 Å². The summed E-state index contributed by atoms with van der Waals surface area (Å²) in [6.07, 6.45) is 0. The van der Waals surface area contributed by atoms with Gasteiger partial charge in [-0.1, -0.05) is 17.7 Å². The number of aliphatic hydroxyl groups is 1. The Kier molecular flexibility index (Phi) is 4.04. The van der Waals surface area contributed by atoms with Gasteiger partial charge in [-0.15, -0.1) is 0 Å². The normalized spacial score (nSPS) is 17.1. The molecule has 3 nitrogen and oxygen atoms in total. The van der Waals surface area contributed by atoms with Crippen molar-refractivity contribution in [2.24, 2.45) is 5.92 Å². The van der Waals surface area contributed by atoms with Crippen LogP contribution in [0.2, 0.25) is 5.02 Å². The smallest absolute Gasteiger partial charge is 0.120 e. The number of benzene rings is 1. The molecule has 1 aromatic carbocycles. The van der Waals surface area contributed by atoms with Crippen LogP contribution in [0.5, 0.6) is 5.75 Å². The maximum absolute atomic E-state index is 8.87. The zero-order valence-corrected chi connectivity index (χ0v) is 9.86. The number of ether oxygens (including phenoxy) is 1. The van der Waals surface area contributed by atoms with Crippen LogP contribution >= 0.6 is 11.6 Å². The first kappa shape index (κ1) is 11.7. The molecule has 1 aliphatic heterocycles. The number of aliphatic hydroxyl groups excluding tert-OH is 1. The van der Waals surface area contributed by atoms with E-state index in [-0.39, 0.29) is 0 Å². The van der Waals surface area contributed by atoms with Gasteiger partial charge in [0.1, 0.15) is 12.4 Å². The van der Waals surface area contributed by atoms with E-state index in [9.17, 15) is 0 Å². The minimum atomic E-state index is 0.297. The van der Waals surface area contributed by atoms with Crippen LogP contribution < -0.4 is 4.74 Å². The number of likely N-dealkylation sites (tertiary alicyclic amines) is 1. The number of hydrogen-bond acceptors (Lipinski definition) is 3. The van der Waals surface area contributed by atoms with Crippen LogP contribution in [0.1, 0.15) is 0 Å². The number of nitrogens with zero attached hydrogens (tertiary/aromatic N) is 1. The second-order valence-electron chi connectivity index (χ2n) is 4.11. The van der Waals surface area contributed by atoms with E-state index in [2.05, 4.69) is 4.90 Å². The summed E-state index contributed by atoms with van der Waals surface area (Å²) in [6.45, 7) is 3.83. The van der Waals surface area contributed by atoms with E-state index in [0.717, 1.165) is 25.4 Å². The second kappa shape index (κ2) is 5.53. The highest BCUT2D eigenvalue weighted by Gasteiger charge is 2.24. The van der Waals surface area contributed by atoms with Crippen molar-refractivity contribution in [2.45, 2.75) is 0 Å². The van der Waals surface area contributed by atoms with Gasteiger partial charge in [-0.3, -0.25) is 4.90 Å². The molecule has 1 saturated heterocycles. The van der Waals surface area contributed by atoms with Gasteiger partial charge in [0.15, 0.2) is 0 Å². The van der Waals surface area contributed by atoms with Crippen LogP contribution in [0.25, 0.3) is 0 Å². The quantitative estimate of drug-likeness (QED) is 0.851. The van der Waals surface area contributed by atoms with E-state index in [1.165, 1.54) is 0 Å². The Hall–Kier alpha value is -0.770. The number of rotatable bonds is 5. The van der Waals surface area contributed by atoms with Crippen LogP contribution in [-0.4, -0.2) is 42.9 Å². The molecule has 88 valence electrons. The first-order chi connectivity index (χ1) is 7.78. The molecule has 0 saturated carbocycles. The van der Waals surface area contributed by atoms with Crippen molar-refractivity contribution in [1.29, 1.82) is 0 Å². The van der Waals surface area contributed by atoms with E-state index in [1.807, 2.05) is 24.3 Å². The third-order valence-corrected chi connectivity index (χ3v) is 3.00. The summed E-state index contributed by atoms with van der Waals surface area (Å²) in [5, 5.41) is 9.56. The Morgan fingerprint density at radius 3 is 2.94 bits per heavy atom. The van der Waals surface area contributed by atoms with E-state index in [0.29, 0.717) is 24.2 Å².